The van der Waals surface area contributed by atoms with Crippen molar-refractivity contribution in [3.8, 4) is 0 Å². The minimum absolute atomic E-state index is 0.0127. The molecule has 0 aromatic heterocycles. The van der Waals surface area contributed by atoms with Crippen LogP contribution < -0.4 is 10.6 Å². The van der Waals surface area contributed by atoms with Crippen molar-refractivity contribution < 1.29 is 27.8 Å². The smallest absolute Gasteiger partial charge is 0.423 e. The Kier molecular flexibility index (Phi) is 7.13. The summed E-state index contributed by atoms with van der Waals surface area (Å²) in [4.78, 5) is 12.1. The molecule has 0 radical (unpaired) electrons. The van der Waals surface area contributed by atoms with Crippen LogP contribution in [0.5, 0.6) is 0 Å². The van der Waals surface area contributed by atoms with Gasteiger partial charge in [0.1, 0.15) is 5.60 Å². The average Bonchev–Trinajstić information content (AvgIpc) is 3.04. The van der Waals surface area contributed by atoms with Gasteiger partial charge in [0.25, 0.3) is 0 Å². The first-order chi connectivity index (χ1) is 15.2. The molecule has 0 fully saturated rings. The van der Waals surface area contributed by atoms with Crippen molar-refractivity contribution >= 4 is 35.0 Å². The highest BCUT2D eigenvalue weighted by Crippen LogP contribution is 2.41. The van der Waals surface area contributed by atoms with E-state index in [2.05, 4.69) is 10.6 Å². The fourth-order valence-corrected chi connectivity index (χ4v) is 4.24. The van der Waals surface area contributed by atoms with Gasteiger partial charge >= 0.3 is 12.3 Å². The van der Waals surface area contributed by atoms with E-state index in [1.165, 1.54) is 6.07 Å². The first-order valence-electron chi connectivity index (χ1n) is 10.3. The summed E-state index contributed by atoms with van der Waals surface area (Å²) < 4.78 is 46.8. The summed E-state index contributed by atoms with van der Waals surface area (Å²) in [7, 11) is 0. The molecule has 0 heterocycles. The Labute approximate surface area is 200 Å². The SMILES string of the molecule is CC(C)(C)OC(=O)N[C@H]1CCc2cc(NC[C@@](O)(c3cc(Cl)cc(Cl)c3)C(F)(F)F)ccc21. The molecule has 2 aromatic carbocycles. The topological polar surface area (TPSA) is 70.6 Å². The highest BCUT2D eigenvalue weighted by Gasteiger charge is 2.55. The van der Waals surface area contributed by atoms with Crippen LogP contribution in [0.15, 0.2) is 36.4 Å². The number of alkyl carbamates (subject to hydrolysis) is 1. The van der Waals surface area contributed by atoms with Gasteiger partial charge in [0.2, 0.25) is 5.60 Å². The minimum atomic E-state index is -4.98. The average molecular weight is 505 g/mol. The highest BCUT2D eigenvalue weighted by molar-refractivity contribution is 6.34. The normalized spacial score (nSPS) is 17.8. The summed E-state index contributed by atoms with van der Waals surface area (Å²) >= 11 is 11.7. The van der Waals surface area contributed by atoms with E-state index in [0.717, 1.165) is 23.3 Å². The molecule has 180 valence electrons. The summed E-state index contributed by atoms with van der Waals surface area (Å²) in [5, 5.41) is 16.1. The number of halogens is 5. The molecule has 10 heteroatoms. The summed E-state index contributed by atoms with van der Waals surface area (Å²) in [6.45, 7) is 4.47. The Balaban J connectivity index is 1.76. The number of aliphatic hydroxyl groups is 1. The molecule has 0 bridgehead atoms. The molecule has 3 N–H and O–H groups in total. The molecule has 3 rings (SSSR count). The second-order valence-electron chi connectivity index (χ2n) is 9.02. The largest absolute Gasteiger partial charge is 0.444 e. The van der Waals surface area contributed by atoms with Crippen LogP contribution >= 0.6 is 23.2 Å². The van der Waals surface area contributed by atoms with E-state index < -0.39 is 35.6 Å². The van der Waals surface area contributed by atoms with Crippen molar-refractivity contribution in [3.63, 3.8) is 0 Å². The zero-order valence-corrected chi connectivity index (χ0v) is 19.8. The van der Waals surface area contributed by atoms with Crippen molar-refractivity contribution in [1.29, 1.82) is 0 Å². The van der Waals surface area contributed by atoms with Gasteiger partial charge in [-0.25, -0.2) is 4.79 Å². The molecule has 0 unspecified atom stereocenters. The maximum Gasteiger partial charge on any atom is 0.423 e. The van der Waals surface area contributed by atoms with Gasteiger partial charge in [-0.05, 0) is 80.6 Å². The van der Waals surface area contributed by atoms with E-state index in [0.29, 0.717) is 18.5 Å². The molecular weight excluding hydrogens is 480 g/mol. The van der Waals surface area contributed by atoms with Crippen LogP contribution in [-0.2, 0) is 16.8 Å². The molecule has 33 heavy (non-hydrogen) atoms. The molecule has 1 aliphatic rings. The van der Waals surface area contributed by atoms with Crippen LogP contribution in [-0.4, -0.2) is 29.5 Å². The number of rotatable bonds is 5. The maximum absolute atomic E-state index is 13.8. The van der Waals surface area contributed by atoms with Gasteiger partial charge in [-0.3, -0.25) is 0 Å². The highest BCUT2D eigenvalue weighted by atomic mass is 35.5. The molecule has 5 nitrogen and oxygen atoms in total. The van der Waals surface area contributed by atoms with Crippen LogP contribution in [0.2, 0.25) is 10.0 Å². The lowest BCUT2D eigenvalue weighted by molar-refractivity contribution is -0.260. The summed E-state index contributed by atoms with van der Waals surface area (Å²) in [5.41, 5.74) is -2.12. The third-order valence-electron chi connectivity index (χ3n) is 5.27. The number of aryl methyl sites for hydroxylation is 1. The number of carbonyl (C=O) groups is 1. The first-order valence-corrected chi connectivity index (χ1v) is 11.1. The molecule has 0 aliphatic heterocycles. The Morgan fingerprint density at radius 3 is 2.33 bits per heavy atom. The molecule has 0 spiro atoms. The quantitative estimate of drug-likeness (QED) is 0.442. The standard InChI is InChI=1S/C23H25Cl2F3N2O3/c1-21(2,3)33-20(31)30-19-7-4-13-8-17(5-6-18(13)19)29-12-22(32,23(26,27)28)14-9-15(24)11-16(25)10-14/h5-6,8-11,19,29,32H,4,7,12H2,1-3H3,(H,30,31)/t19-,22+/m0/s1. The number of nitrogens with one attached hydrogen (secondary N) is 2. The molecule has 1 aliphatic carbocycles. The summed E-state index contributed by atoms with van der Waals surface area (Å²) in [6, 6.07) is 8.19. The minimum Gasteiger partial charge on any atom is -0.444 e. The van der Waals surface area contributed by atoms with E-state index in [4.69, 9.17) is 27.9 Å². The van der Waals surface area contributed by atoms with Crippen LogP contribution in [0.1, 0.15) is 49.9 Å². The van der Waals surface area contributed by atoms with Gasteiger partial charge in [-0.1, -0.05) is 29.3 Å². The van der Waals surface area contributed by atoms with Gasteiger partial charge in [0.05, 0.1) is 12.6 Å². The molecule has 2 atom stereocenters. The van der Waals surface area contributed by atoms with E-state index in [-0.39, 0.29) is 16.1 Å². The lowest BCUT2D eigenvalue weighted by Gasteiger charge is -2.32. The number of alkyl halides is 3. The van der Waals surface area contributed by atoms with E-state index >= 15 is 0 Å². The Bertz CT molecular complexity index is 1020. The van der Waals surface area contributed by atoms with Crippen molar-refractivity contribution in [2.24, 2.45) is 0 Å². The van der Waals surface area contributed by atoms with Gasteiger partial charge in [0.15, 0.2) is 0 Å². The number of carbonyl (C=O) groups excluding carboxylic acids is 1. The third kappa shape index (κ3) is 6.05. The van der Waals surface area contributed by atoms with Crippen LogP contribution in [0.4, 0.5) is 23.7 Å². The Hall–Kier alpha value is -2.16. The molecule has 1 amide bonds. The molecule has 2 aromatic rings. The molecule has 0 saturated carbocycles. The number of fused-ring (bicyclic) bond motifs is 1. The summed E-state index contributed by atoms with van der Waals surface area (Å²) in [5.74, 6) is 0. The zero-order chi connectivity index (χ0) is 24.6. The fourth-order valence-electron chi connectivity index (χ4n) is 3.72. The van der Waals surface area contributed by atoms with Crippen molar-refractivity contribution in [1.82, 2.24) is 5.32 Å². The molecular formula is C23H25Cl2F3N2O3. The zero-order valence-electron chi connectivity index (χ0n) is 18.3. The second kappa shape index (κ2) is 9.24. The van der Waals surface area contributed by atoms with Crippen molar-refractivity contribution in [2.45, 2.75) is 57.0 Å². The number of amides is 1. The number of hydrogen-bond acceptors (Lipinski definition) is 4. The second-order valence-corrected chi connectivity index (χ2v) is 9.89. The van der Waals surface area contributed by atoms with E-state index in [1.807, 2.05) is 0 Å². The van der Waals surface area contributed by atoms with Crippen LogP contribution in [0.25, 0.3) is 0 Å². The van der Waals surface area contributed by atoms with Gasteiger partial charge in [0, 0.05) is 15.7 Å². The van der Waals surface area contributed by atoms with Crippen molar-refractivity contribution in [3.05, 3.63) is 63.1 Å². The lowest BCUT2D eigenvalue weighted by atomic mass is 9.92. The Morgan fingerprint density at radius 1 is 1.12 bits per heavy atom. The molecule has 0 saturated heterocycles. The first kappa shape index (κ1) is 25.5. The van der Waals surface area contributed by atoms with Crippen molar-refractivity contribution in [2.75, 3.05) is 11.9 Å². The predicted octanol–water partition coefficient (Wildman–Crippen LogP) is 6.37. The van der Waals surface area contributed by atoms with Gasteiger partial charge in [-0.2, -0.15) is 13.2 Å². The summed E-state index contributed by atoms with van der Waals surface area (Å²) in [6.07, 6.45) is -4.23. The van der Waals surface area contributed by atoms with Crippen LogP contribution in [0.3, 0.4) is 0 Å². The van der Waals surface area contributed by atoms with Gasteiger partial charge in [-0.15, -0.1) is 0 Å². The van der Waals surface area contributed by atoms with E-state index in [1.54, 1.807) is 39.0 Å². The monoisotopic (exact) mass is 504 g/mol. The maximum atomic E-state index is 13.8. The Morgan fingerprint density at radius 2 is 1.76 bits per heavy atom. The number of benzene rings is 2. The predicted molar refractivity (Wildman–Crippen MR) is 122 cm³/mol. The number of ether oxygens (including phenoxy) is 1. The third-order valence-corrected chi connectivity index (χ3v) is 5.71. The fraction of sp³-hybridized carbons (Fsp3) is 0.435. The number of hydrogen-bond donors (Lipinski definition) is 3. The lowest BCUT2D eigenvalue weighted by Crippen LogP contribution is -2.47. The van der Waals surface area contributed by atoms with E-state index in [9.17, 15) is 23.1 Å². The van der Waals surface area contributed by atoms with Crippen LogP contribution in [0, 0.1) is 0 Å². The number of anilines is 1. The van der Waals surface area contributed by atoms with Gasteiger partial charge < -0.3 is 20.5 Å².